The van der Waals surface area contributed by atoms with Crippen molar-refractivity contribution in [2.24, 2.45) is 0 Å². The molecule has 1 amide bonds. The molecular weight excluding hydrogens is 677 g/mol. The summed E-state index contributed by atoms with van der Waals surface area (Å²) in [6.07, 6.45) is 4.14. The fourth-order valence-corrected chi connectivity index (χ4v) is 7.18. The first-order valence-electron chi connectivity index (χ1n) is 16.8. The maximum Gasteiger partial charge on any atom is 0.335 e. The zero-order valence-electron chi connectivity index (χ0n) is 27.4. The largest absolute Gasteiger partial charge is 0.489 e. The summed E-state index contributed by atoms with van der Waals surface area (Å²) < 4.78 is 8.59. The number of carboxylic acid groups (broad SMARTS) is 1. The number of piperidine rings is 1. The number of aromatic carboxylic acids is 1. The second-order valence-electron chi connectivity index (χ2n) is 13.0. The number of carbonyl (C=O) groups excluding carboxylic acids is 1. The molecule has 5 aromatic rings. The van der Waals surface area contributed by atoms with Crippen LogP contribution in [-0.2, 0) is 6.61 Å². The van der Waals surface area contributed by atoms with Gasteiger partial charge in [-0.1, -0.05) is 49.1 Å². The number of carbonyl (C=O) groups is 2. The molecule has 50 heavy (non-hydrogen) atoms. The maximum absolute atomic E-state index is 13.4. The molecular formula is C39H39Cl2N3O6. The van der Waals surface area contributed by atoms with Crippen LogP contribution in [0.25, 0.3) is 33.5 Å². The number of amides is 1. The molecule has 2 fully saturated rings. The topological polar surface area (TPSA) is 125 Å². The summed E-state index contributed by atoms with van der Waals surface area (Å²) in [7, 11) is 0. The van der Waals surface area contributed by atoms with Crippen LogP contribution in [0.5, 0.6) is 5.75 Å². The molecule has 1 aromatic heterocycles. The number of aromatic nitrogens is 2. The lowest BCUT2D eigenvalue weighted by molar-refractivity contribution is -0.0321. The van der Waals surface area contributed by atoms with Crippen molar-refractivity contribution in [1.82, 2.24) is 14.5 Å². The normalized spacial score (nSPS) is 18.1. The molecule has 1 aliphatic carbocycles. The van der Waals surface area contributed by atoms with E-state index in [1.54, 1.807) is 23.1 Å². The minimum absolute atomic E-state index is 0. The number of aliphatic hydroxyl groups is 2. The molecule has 260 valence electrons. The van der Waals surface area contributed by atoms with Crippen molar-refractivity contribution in [3.8, 4) is 28.3 Å². The molecule has 1 saturated carbocycles. The van der Waals surface area contributed by atoms with Crippen LogP contribution in [0.1, 0.15) is 70.8 Å². The lowest BCUT2D eigenvalue weighted by Gasteiger charge is -2.33. The molecule has 1 aliphatic heterocycles. The van der Waals surface area contributed by atoms with E-state index in [0.717, 1.165) is 59.3 Å². The third kappa shape index (κ3) is 7.37. The fraction of sp³-hybridized carbons (Fsp3) is 0.308. The minimum atomic E-state index is -0.976. The standard InChI is InChI=1S/C39H38ClN3O6.ClH/c40-29-12-6-24(7-13-29)32-16-10-26(38(46)42-19-18-35(44)36(45)22-42)20-28(32)23-49-31-14-8-25(9-15-31)37-41-33-21-27(39(47)48)11-17-34(33)43(37)30-4-2-1-3-5-30;/h6-17,20-21,30,35-36,44-45H,1-5,18-19,22-23H2,(H,47,48);1H. The van der Waals surface area contributed by atoms with E-state index in [-0.39, 0.29) is 37.0 Å². The molecule has 2 heterocycles. The van der Waals surface area contributed by atoms with Crippen molar-refractivity contribution < 1.29 is 29.6 Å². The van der Waals surface area contributed by atoms with Crippen molar-refractivity contribution >= 4 is 46.9 Å². The van der Waals surface area contributed by atoms with Gasteiger partial charge in [-0.2, -0.15) is 0 Å². The summed E-state index contributed by atoms with van der Waals surface area (Å²) in [5.41, 5.74) is 5.85. The van der Waals surface area contributed by atoms with Gasteiger partial charge in [0.1, 0.15) is 18.2 Å². The Labute approximate surface area is 301 Å². The lowest BCUT2D eigenvalue weighted by Crippen LogP contribution is -2.48. The molecule has 3 N–H and O–H groups in total. The van der Waals surface area contributed by atoms with Gasteiger partial charge in [0.15, 0.2) is 0 Å². The Morgan fingerprint density at radius 3 is 2.22 bits per heavy atom. The summed E-state index contributed by atoms with van der Waals surface area (Å²) >= 11 is 6.17. The van der Waals surface area contributed by atoms with E-state index in [1.807, 2.05) is 66.7 Å². The summed E-state index contributed by atoms with van der Waals surface area (Å²) in [5.74, 6) is 0.263. The highest BCUT2D eigenvalue weighted by Gasteiger charge is 2.29. The van der Waals surface area contributed by atoms with Gasteiger partial charge in [0, 0.05) is 35.3 Å². The average molecular weight is 717 g/mol. The molecule has 7 rings (SSSR count). The number of aliphatic hydroxyl groups excluding tert-OH is 2. The number of likely N-dealkylation sites (tertiary alicyclic amines) is 1. The van der Waals surface area contributed by atoms with E-state index >= 15 is 0 Å². The monoisotopic (exact) mass is 715 g/mol. The van der Waals surface area contributed by atoms with Crippen LogP contribution in [-0.4, -0.2) is 66.9 Å². The van der Waals surface area contributed by atoms with Crippen LogP contribution in [0.15, 0.2) is 84.9 Å². The SMILES string of the molecule is Cl.O=C(O)c1ccc2c(c1)nc(-c1ccc(OCc3cc(C(=O)N4CCC(O)C(O)C4)ccc3-c3ccc(Cl)cc3)cc1)n2C1CCCCC1. The van der Waals surface area contributed by atoms with Gasteiger partial charge < -0.3 is 29.5 Å². The van der Waals surface area contributed by atoms with Gasteiger partial charge in [-0.3, -0.25) is 4.79 Å². The third-order valence-electron chi connectivity index (χ3n) is 9.72. The van der Waals surface area contributed by atoms with E-state index in [9.17, 15) is 24.9 Å². The number of halogens is 2. The first kappa shape index (κ1) is 35.4. The van der Waals surface area contributed by atoms with Gasteiger partial charge in [-0.25, -0.2) is 9.78 Å². The Kier molecular flexibility index (Phi) is 10.8. The number of nitrogens with zero attached hydrogens (tertiary/aromatic N) is 3. The van der Waals surface area contributed by atoms with Crippen LogP contribution in [0, 0.1) is 0 Å². The first-order valence-corrected chi connectivity index (χ1v) is 17.2. The van der Waals surface area contributed by atoms with E-state index < -0.39 is 18.2 Å². The predicted molar refractivity (Wildman–Crippen MR) is 195 cm³/mol. The smallest absolute Gasteiger partial charge is 0.335 e. The number of carboxylic acids is 1. The summed E-state index contributed by atoms with van der Waals surface area (Å²) in [4.78, 5) is 31.6. The number of hydrogen-bond acceptors (Lipinski definition) is 6. The lowest BCUT2D eigenvalue weighted by atomic mass is 9.95. The highest BCUT2D eigenvalue weighted by Crippen LogP contribution is 2.37. The molecule has 0 bridgehead atoms. The zero-order valence-corrected chi connectivity index (χ0v) is 28.9. The fourth-order valence-electron chi connectivity index (χ4n) is 7.05. The Bertz CT molecular complexity index is 1990. The van der Waals surface area contributed by atoms with Gasteiger partial charge in [0.25, 0.3) is 5.91 Å². The number of benzene rings is 4. The molecule has 4 aromatic carbocycles. The molecule has 2 atom stereocenters. The molecule has 2 aliphatic rings. The summed E-state index contributed by atoms with van der Waals surface area (Å²) in [6, 6.07) is 26.2. The average Bonchev–Trinajstić information content (AvgIpc) is 3.51. The molecule has 9 nitrogen and oxygen atoms in total. The highest BCUT2D eigenvalue weighted by molar-refractivity contribution is 6.30. The Hall–Kier alpha value is -4.41. The van der Waals surface area contributed by atoms with Crippen molar-refractivity contribution in [2.75, 3.05) is 13.1 Å². The number of fused-ring (bicyclic) bond motifs is 1. The Morgan fingerprint density at radius 1 is 0.820 bits per heavy atom. The van der Waals surface area contributed by atoms with Crippen molar-refractivity contribution in [3.05, 3.63) is 107 Å². The first-order chi connectivity index (χ1) is 23.7. The highest BCUT2D eigenvalue weighted by atomic mass is 35.5. The van der Waals surface area contributed by atoms with Crippen LogP contribution in [0.3, 0.4) is 0 Å². The van der Waals surface area contributed by atoms with Gasteiger partial charge >= 0.3 is 5.97 Å². The minimum Gasteiger partial charge on any atom is -0.489 e. The predicted octanol–water partition coefficient (Wildman–Crippen LogP) is 7.80. The van der Waals surface area contributed by atoms with Gasteiger partial charge in [0.2, 0.25) is 0 Å². The molecule has 2 unspecified atom stereocenters. The van der Waals surface area contributed by atoms with Crippen LogP contribution < -0.4 is 4.74 Å². The summed E-state index contributed by atoms with van der Waals surface area (Å²) in [6.45, 7) is 0.633. The van der Waals surface area contributed by atoms with Crippen molar-refractivity contribution in [1.29, 1.82) is 0 Å². The van der Waals surface area contributed by atoms with E-state index in [4.69, 9.17) is 21.3 Å². The number of β-amino-alcohol motifs (C(OH)–C–C–N with tert-alkyl or cyclic N) is 1. The Balaban J connectivity index is 0.00000432. The molecule has 0 spiro atoms. The van der Waals surface area contributed by atoms with E-state index in [0.29, 0.717) is 40.9 Å². The second kappa shape index (κ2) is 15.2. The zero-order chi connectivity index (χ0) is 34.1. The third-order valence-corrected chi connectivity index (χ3v) is 9.98. The van der Waals surface area contributed by atoms with E-state index in [2.05, 4.69) is 4.57 Å². The number of ether oxygens (including phenoxy) is 1. The second-order valence-corrected chi connectivity index (χ2v) is 13.4. The molecule has 1 saturated heterocycles. The Morgan fingerprint density at radius 2 is 1.52 bits per heavy atom. The van der Waals surface area contributed by atoms with Crippen molar-refractivity contribution in [2.45, 2.75) is 63.4 Å². The maximum atomic E-state index is 13.4. The van der Waals surface area contributed by atoms with Gasteiger partial charge in [-0.15, -0.1) is 12.4 Å². The van der Waals surface area contributed by atoms with Crippen LogP contribution in [0.2, 0.25) is 5.02 Å². The summed E-state index contributed by atoms with van der Waals surface area (Å²) in [5, 5.41) is 30.3. The molecule has 11 heteroatoms. The van der Waals surface area contributed by atoms with Gasteiger partial charge in [0.05, 0.1) is 28.8 Å². The van der Waals surface area contributed by atoms with Gasteiger partial charge in [-0.05, 0) is 103 Å². The molecule has 0 radical (unpaired) electrons. The van der Waals surface area contributed by atoms with Crippen molar-refractivity contribution in [3.63, 3.8) is 0 Å². The quantitative estimate of drug-likeness (QED) is 0.150. The number of imidazole rings is 1. The van der Waals surface area contributed by atoms with Crippen LogP contribution in [0.4, 0.5) is 0 Å². The van der Waals surface area contributed by atoms with E-state index in [1.165, 1.54) is 6.42 Å². The van der Waals surface area contributed by atoms with Crippen LogP contribution >= 0.6 is 24.0 Å². The number of hydrogen-bond donors (Lipinski definition) is 3. The number of rotatable bonds is 8.